The molecule has 0 aromatic carbocycles. The minimum Gasteiger partial charge on any atom is -0.481 e. The highest BCUT2D eigenvalue weighted by molar-refractivity contribution is 5.64. The van der Waals surface area contributed by atoms with E-state index in [9.17, 15) is 10.1 Å². The third-order valence-corrected chi connectivity index (χ3v) is 2.05. The Morgan fingerprint density at radius 2 is 2.22 bits per heavy atom. The highest BCUT2D eigenvalue weighted by Gasteiger charge is 2.09. The monoisotopic (exact) mass is 247 g/mol. The Morgan fingerprint density at radius 1 is 1.39 bits per heavy atom. The van der Waals surface area contributed by atoms with Crippen molar-refractivity contribution < 1.29 is 14.1 Å². The molecule has 7 heteroatoms. The first kappa shape index (κ1) is 11.8. The number of nitrogens with zero attached hydrogens (tertiary/aromatic N) is 3. The third kappa shape index (κ3) is 2.70. The summed E-state index contributed by atoms with van der Waals surface area (Å²) in [5.74, 6) is 0.915. The van der Waals surface area contributed by atoms with Crippen molar-refractivity contribution in [3.05, 3.63) is 46.1 Å². The van der Waals surface area contributed by atoms with Crippen molar-refractivity contribution in [2.75, 3.05) is 7.11 Å². The summed E-state index contributed by atoms with van der Waals surface area (Å²) in [4.78, 5) is 17.9. The molecule has 0 aliphatic heterocycles. The normalized spacial score (nSPS) is 10.7. The fourth-order valence-corrected chi connectivity index (χ4v) is 1.24. The van der Waals surface area contributed by atoms with Gasteiger partial charge in [-0.25, -0.2) is 4.98 Å². The van der Waals surface area contributed by atoms with Gasteiger partial charge in [-0.3, -0.25) is 10.1 Å². The summed E-state index contributed by atoms with van der Waals surface area (Å²) in [7, 11) is 1.51. The van der Waals surface area contributed by atoms with Crippen LogP contribution < -0.4 is 4.74 Å². The van der Waals surface area contributed by atoms with Crippen molar-refractivity contribution in [2.45, 2.75) is 0 Å². The summed E-state index contributed by atoms with van der Waals surface area (Å²) in [6.45, 7) is 0. The van der Waals surface area contributed by atoms with Crippen LogP contribution in [0, 0.1) is 10.1 Å². The SMILES string of the molecule is COc1ccnc(C=Cc2ccc([N+](=O)[O-])o2)n1. The van der Waals surface area contributed by atoms with Gasteiger partial charge in [0, 0.05) is 12.3 Å². The van der Waals surface area contributed by atoms with E-state index in [2.05, 4.69) is 9.97 Å². The molecule has 0 fully saturated rings. The summed E-state index contributed by atoms with van der Waals surface area (Å²) in [5.41, 5.74) is 0. The summed E-state index contributed by atoms with van der Waals surface area (Å²) in [5, 5.41) is 10.4. The molecule has 0 aliphatic rings. The number of rotatable bonds is 4. The van der Waals surface area contributed by atoms with E-state index in [1.54, 1.807) is 24.4 Å². The van der Waals surface area contributed by atoms with Crippen LogP contribution >= 0.6 is 0 Å². The summed E-state index contributed by atoms with van der Waals surface area (Å²) in [6, 6.07) is 4.40. The molecule has 7 nitrogen and oxygen atoms in total. The van der Waals surface area contributed by atoms with E-state index in [0.29, 0.717) is 17.5 Å². The molecule has 0 radical (unpaired) electrons. The van der Waals surface area contributed by atoms with Gasteiger partial charge in [0.1, 0.15) is 10.7 Å². The number of methoxy groups -OCH3 is 1. The molecule has 2 heterocycles. The van der Waals surface area contributed by atoms with Gasteiger partial charge in [-0.05, 0) is 18.2 Å². The van der Waals surface area contributed by atoms with E-state index in [0.717, 1.165) is 0 Å². The molecule has 92 valence electrons. The van der Waals surface area contributed by atoms with Gasteiger partial charge in [0.15, 0.2) is 5.82 Å². The maximum absolute atomic E-state index is 10.4. The summed E-state index contributed by atoms with van der Waals surface area (Å²) < 4.78 is 9.90. The molecule has 0 unspecified atom stereocenters. The van der Waals surface area contributed by atoms with E-state index in [-0.39, 0.29) is 5.88 Å². The third-order valence-electron chi connectivity index (χ3n) is 2.05. The molecule has 2 rings (SSSR count). The number of ether oxygens (including phenoxy) is 1. The zero-order chi connectivity index (χ0) is 13.0. The molecule has 0 saturated carbocycles. The molecule has 2 aromatic rings. The van der Waals surface area contributed by atoms with Crippen LogP contribution in [-0.4, -0.2) is 22.0 Å². The van der Waals surface area contributed by atoms with Gasteiger partial charge in [0.05, 0.1) is 13.2 Å². The Morgan fingerprint density at radius 3 is 2.89 bits per heavy atom. The lowest BCUT2D eigenvalue weighted by Crippen LogP contribution is -1.91. The first-order valence-corrected chi connectivity index (χ1v) is 4.98. The van der Waals surface area contributed by atoms with Gasteiger partial charge in [-0.1, -0.05) is 0 Å². The quantitative estimate of drug-likeness (QED) is 0.607. The zero-order valence-corrected chi connectivity index (χ0v) is 9.44. The van der Waals surface area contributed by atoms with Crippen molar-refractivity contribution in [3.8, 4) is 5.88 Å². The second kappa shape index (κ2) is 5.09. The van der Waals surface area contributed by atoms with Gasteiger partial charge in [-0.15, -0.1) is 0 Å². The van der Waals surface area contributed by atoms with E-state index in [4.69, 9.17) is 9.15 Å². The molecule has 0 saturated heterocycles. The summed E-state index contributed by atoms with van der Waals surface area (Å²) in [6.07, 6.45) is 4.67. The Hall–Kier alpha value is -2.70. The smallest absolute Gasteiger partial charge is 0.433 e. The van der Waals surface area contributed by atoms with Crippen molar-refractivity contribution in [3.63, 3.8) is 0 Å². The molecule has 2 aromatic heterocycles. The van der Waals surface area contributed by atoms with Crippen LogP contribution in [-0.2, 0) is 0 Å². The second-order valence-corrected chi connectivity index (χ2v) is 3.22. The van der Waals surface area contributed by atoms with Gasteiger partial charge in [-0.2, -0.15) is 4.98 Å². The molecular formula is C11H9N3O4. The highest BCUT2D eigenvalue weighted by atomic mass is 16.6. The molecule has 0 spiro atoms. The maximum atomic E-state index is 10.4. The second-order valence-electron chi connectivity index (χ2n) is 3.22. The van der Waals surface area contributed by atoms with Crippen molar-refractivity contribution in [2.24, 2.45) is 0 Å². The number of hydrogen-bond donors (Lipinski definition) is 0. The van der Waals surface area contributed by atoms with Crippen LogP contribution in [0.1, 0.15) is 11.6 Å². The molecule has 18 heavy (non-hydrogen) atoms. The van der Waals surface area contributed by atoms with Gasteiger partial charge < -0.3 is 9.15 Å². The van der Waals surface area contributed by atoms with Crippen LogP contribution in [0.15, 0.2) is 28.8 Å². The predicted molar refractivity (Wildman–Crippen MR) is 62.9 cm³/mol. The van der Waals surface area contributed by atoms with Crippen molar-refractivity contribution in [1.29, 1.82) is 0 Å². The molecule has 0 bridgehead atoms. The number of aromatic nitrogens is 2. The Kier molecular flexibility index (Phi) is 3.33. The molecular weight excluding hydrogens is 238 g/mol. The lowest BCUT2D eigenvalue weighted by molar-refractivity contribution is -0.402. The predicted octanol–water partition coefficient (Wildman–Crippen LogP) is 2.16. The average Bonchev–Trinajstić information content (AvgIpc) is 2.85. The van der Waals surface area contributed by atoms with Crippen LogP contribution in [0.3, 0.4) is 0 Å². The maximum Gasteiger partial charge on any atom is 0.433 e. The fourth-order valence-electron chi connectivity index (χ4n) is 1.24. The standard InChI is InChI=1S/C11H9N3O4/c1-17-10-6-7-12-9(13-10)4-2-8-3-5-11(18-8)14(15)16/h2-7H,1H3. The van der Waals surface area contributed by atoms with Crippen LogP contribution in [0.25, 0.3) is 12.2 Å². The minimum absolute atomic E-state index is 0.304. The zero-order valence-electron chi connectivity index (χ0n) is 9.44. The molecule has 0 N–H and O–H groups in total. The molecule has 0 atom stereocenters. The van der Waals surface area contributed by atoms with E-state index in [1.807, 2.05) is 0 Å². The lowest BCUT2D eigenvalue weighted by atomic mass is 10.4. The fraction of sp³-hybridized carbons (Fsp3) is 0.0909. The highest BCUT2D eigenvalue weighted by Crippen LogP contribution is 2.17. The van der Waals surface area contributed by atoms with Crippen LogP contribution in [0.4, 0.5) is 5.88 Å². The van der Waals surface area contributed by atoms with E-state index in [1.165, 1.54) is 19.2 Å². The first-order chi connectivity index (χ1) is 8.69. The summed E-state index contributed by atoms with van der Waals surface area (Å²) >= 11 is 0. The Balaban J connectivity index is 2.16. The van der Waals surface area contributed by atoms with Gasteiger partial charge >= 0.3 is 5.88 Å². The Bertz CT molecular complexity index is 591. The topological polar surface area (TPSA) is 91.3 Å². The van der Waals surface area contributed by atoms with E-state index >= 15 is 0 Å². The van der Waals surface area contributed by atoms with Crippen molar-refractivity contribution in [1.82, 2.24) is 9.97 Å². The number of furan rings is 1. The van der Waals surface area contributed by atoms with Gasteiger partial charge in [0.2, 0.25) is 5.88 Å². The first-order valence-electron chi connectivity index (χ1n) is 4.98. The van der Waals surface area contributed by atoms with Gasteiger partial charge in [0.25, 0.3) is 0 Å². The Labute approximate surface area is 102 Å². The average molecular weight is 247 g/mol. The minimum atomic E-state index is -0.598. The number of nitro groups is 1. The van der Waals surface area contributed by atoms with Crippen molar-refractivity contribution >= 4 is 18.0 Å². The van der Waals surface area contributed by atoms with Crippen LogP contribution in [0.5, 0.6) is 5.88 Å². The lowest BCUT2D eigenvalue weighted by Gasteiger charge is -1.97. The molecule has 0 aliphatic carbocycles. The number of hydrogen-bond acceptors (Lipinski definition) is 6. The molecule has 0 amide bonds. The largest absolute Gasteiger partial charge is 0.481 e. The van der Waals surface area contributed by atoms with Crippen LogP contribution in [0.2, 0.25) is 0 Å². The van der Waals surface area contributed by atoms with E-state index < -0.39 is 4.92 Å².